The van der Waals surface area contributed by atoms with Crippen LogP contribution >= 0.6 is 0 Å². The topological polar surface area (TPSA) is 46.5 Å². The fraction of sp³-hybridized carbons (Fsp3) is 0.250. The van der Waals surface area contributed by atoms with Gasteiger partial charge < -0.3 is 19.5 Å². The largest absolute Gasteiger partial charge is 0.412 e. The zero-order chi connectivity index (χ0) is 17.4. The first kappa shape index (κ1) is 15.7. The van der Waals surface area contributed by atoms with Gasteiger partial charge in [0.1, 0.15) is 5.75 Å². The molecule has 0 atom stereocenters. The number of hydrogen-bond acceptors (Lipinski definition) is 3. The smallest absolute Gasteiger partial charge is 0.410 e. The van der Waals surface area contributed by atoms with E-state index in [9.17, 15) is 4.79 Å². The lowest BCUT2D eigenvalue weighted by atomic mass is 10.0. The van der Waals surface area contributed by atoms with Gasteiger partial charge in [0.05, 0.1) is 0 Å². The van der Waals surface area contributed by atoms with Gasteiger partial charge in [0.2, 0.25) is 0 Å². The summed E-state index contributed by atoms with van der Waals surface area (Å²) in [6.07, 6.45) is 1.76. The molecular formula is C20H21N3O2. The molecule has 1 aliphatic rings. The molecule has 3 aromatic rings. The summed E-state index contributed by atoms with van der Waals surface area (Å²) in [5.41, 5.74) is 4.53. The monoisotopic (exact) mass is 335 g/mol. The minimum Gasteiger partial charge on any atom is -0.410 e. The first-order chi connectivity index (χ1) is 12.1. The average molecular weight is 335 g/mol. The van der Waals surface area contributed by atoms with Crippen molar-refractivity contribution in [2.45, 2.75) is 13.1 Å². The molecule has 4 rings (SSSR count). The fourth-order valence-electron chi connectivity index (χ4n) is 3.17. The number of carbonyl (C=O) groups is 1. The normalized spacial score (nSPS) is 13.6. The van der Waals surface area contributed by atoms with Crippen molar-refractivity contribution in [3.63, 3.8) is 0 Å². The molecule has 1 aromatic heterocycles. The van der Waals surface area contributed by atoms with Gasteiger partial charge in [-0.3, -0.25) is 0 Å². The SMILES string of the molecule is CN(C)CCn1ccc2ccc(-c3ccc4c(c3)CNC(=O)O4)cc21. The van der Waals surface area contributed by atoms with Crippen LogP contribution in [0.5, 0.6) is 5.75 Å². The van der Waals surface area contributed by atoms with Crippen LogP contribution in [0.15, 0.2) is 48.7 Å². The van der Waals surface area contributed by atoms with Crippen LogP contribution in [0.3, 0.4) is 0 Å². The lowest BCUT2D eigenvalue weighted by molar-refractivity contribution is 0.194. The summed E-state index contributed by atoms with van der Waals surface area (Å²) >= 11 is 0. The van der Waals surface area contributed by atoms with Crippen LogP contribution in [0.1, 0.15) is 5.56 Å². The second-order valence-electron chi connectivity index (χ2n) is 6.65. The summed E-state index contributed by atoms with van der Waals surface area (Å²) in [5, 5.41) is 3.96. The van der Waals surface area contributed by atoms with Crippen molar-refractivity contribution < 1.29 is 9.53 Å². The highest BCUT2D eigenvalue weighted by atomic mass is 16.6. The minimum atomic E-state index is -0.389. The molecule has 128 valence electrons. The molecule has 0 spiro atoms. The molecule has 2 heterocycles. The van der Waals surface area contributed by atoms with Gasteiger partial charge in [-0.25, -0.2) is 4.79 Å². The summed E-state index contributed by atoms with van der Waals surface area (Å²) in [6, 6.07) is 14.7. The molecule has 5 nitrogen and oxygen atoms in total. The molecule has 0 unspecified atom stereocenters. The van der Waals surface area contributed by atoms with Crippen LogP contribution < -0.4 is 10.1 Å². The van der Waals surface area contributed by atoms with E-state index in [0.717, 1.165) is 29.8 Å². The molecular weight excluding hydrogens is 314 g/mol. The highest BCUT2D eigenvalue weighted by Gasteiger charge is 2.16. The quantitative estimate of drug-likeness (QED) is 0.794. The molecule has 0 bridgehead atoms. The molecule has 0 aliphatic carbocycles. The van der Waals surface area contributed by atoms with E-state index in [0.29, 0.717) is 12.3 Å². The lowest BCUT2D eigenvalue weighted by Crippen LogP contribution is -2.31. The van der Waals surface area contributed by atoms with Crippen LogP contribution in [0.4, 0.5) is 4.79 Å². The maximum Gasteiger partial charge on any atom is 0.412 e. The Bertz CT molecular complexity index is 943. The predicted octanol–water partition coefficient (Wildman–Crippen LogP) is 3.47. The summed E-state index contributed by atoms with van der Waals surface area (Å²) in [6.45, 7) is 2.47. The van der Waals surface area contributed by atoms with E-state index >= 15 is 0 Å². The van der Waals surface area contributed by atoms with Crippen LogP contribution in [0, 0.1) is 0 Å². The highest BCUT2D eigenvalue weighted by Crippen LogP contribution is 2.30. The standard InChI is InChI=1S/C20H21N3O2/c1-22(2)9-10-23-8-7-14-3-4-16(12-18(14)23)15-5-6-19-17(11-15)13-21-20(24)25-19/h3-8,11-12H,9-10,13H2,1-2H3,(H,21,24). The van der Waals surface area contributed by atoms with Crippen molar-refractivity contribution in [3.8, 4) is 16.9 Å². The number of carbonyl (C=O) groups excluding carboxylic acids is 1. The molecule has 25 heavy (non-hydrogen) atoms. The van der Waals surface area contributed by atoms with E-state index in [4.69, 9.17) is 4.74 Å². The second kappa shape index (κ2) is 6.26. The van der Waals surface area contributed by atoms with Gasteiger partial charge in [-0.1, -0.05) is 18.2 Å². The van der Waals surface area contributed by atoms with Crippen molar-refractivity contribution in [3.05, 3.63) is 54.2 Å². The first-order valence-corrected chi connectivity index (χ1v) is 8.43. The zero-order valence-corrected chi connectivity index (χ0v) is 14.5. The number of hydrogen-bond donors (Lipinski definition) is 1. The molecule has 1 aliphatic heterocycles. The average Bonchev–Trinajstić information content (AvgIpc) is 3.01. The van der Waals surface area contributed by atoms with Crippen LogP contribution in [-0.2, 0) is 13.1 Å². The Hall–Kier alpha value is -2.79. The van der Waals surface area contributed by atoms with Gasteiger partial charge in [0.15, 0.2) is 0 Å². The summed E-state index contributed by atoms with van der Waals surface area (Å²) < 4.78 is 7.49. The highest BCUT2D eigenvalue weighted by molar-refractivity contribution is 5.86. The Morgan fingerprint density at radius 1 is 1.12 bits per heavy atom. The van der Waals surface area contributed by atoms with Gasteiger partial charge in [0, 0.05) is 36.9 Å². The molecule has 1 amide bonds. The van der Waals surface area contributed by atoms with E-state index in [2.05, 4.69) is 65.4 Å². The molecule has 2 aromatic carbocycles. The zero-order valence-electron chi connectivity index (χ0n) is 14.5. The number of aromatic nitrogens is 1. The second-order valence-corrected chi connectivity index (χ2v) is 6.65. The van der Waals surface area contributed by atoms with E-state index in [1.54, 1.807) is 0 Å². The van der Waals surface area contributed by atoms with Crippen molar-refractivity contribution in [2.75, 3.05) is 20.6 Å². The van der Waals surface area contributed by atoms with E-state index in [-0.39, 0.29) is 6.09 Å². The summed E-state index contributed by atoms with van der Waals surface area (Å²) in [4.78, 5) is 13.5. The molecule has 0 saturated heterocycles. The third-order valence-corrected chi connectivity index (χ3v) is 4.58. The number of likely N-dealkylation sites (N-methyl/N-ethyl adjacent to an activating group) is 1. The fourth-order valence-corrected chi connectivity index (χ4v) is 3.17. The Morgan fingerprint density at radius 3 is 2.76 bits per heavy atom. The van der Waals surface area contributed by atoms with Gasteiger partial charge in [-0.05, 0) is 54.9 Å². The third kappa shape index (κ3) is 3.10. The minimum absolute atomic E-state index is 0.389. The van der Waals surface area contributed by atoms with Crippen molar-refractivity contribution in [2.24, 2.45) is 0 Å². The summed E-state index contributed by atoms with van der Waals surface area (Å²) in [5.74, 6) is 0.642. The number of nitrogens with one attached hydrogen (secondary N) is 1. The van der Waals surface area contributed by atoms with E-state index in [1.807, 2.05) is 12.1 Å². The Balaban J connectivity index is 1.69. The predicted molar refractivity (Wildman–Crippen MR) is 98.8 cm³/mol. The lowest BCUT2D eigenvalue weighted by Gasteiger charge is -2.17. The summed E-state index contributed by atoms with van der Waals surface area (Å²) in [7, 11) is 4.18. The van der Waals surface area contributed by atoms with Crippen LogP contribution in [0.25, 0.3) is 22.0 Å². The Morgan fingerprint density at radius 2 is 1.92 bits per heavy atom. The van der Waals surface area contributed by atoms with E-state index < -0.39 is 0 Å². The molecule has 1 N–H and O–H groups in total. The number of amides is 1. The number of fused-ring (bicyclic) bond motifs is 2. The number of nitrogens with zero attached hydrogens (tertiary/aromatic N) is 2. The van der Waals surface area contributed by atoms with Gasteiger partial charge in [-0.15, -0.1) is 0 Å². The van der Waals surface area contributed by atoms with Gasteiger partial charge in [0.25, 0.3) is 0 Å². The third-order valence-electron chi connectivity index (χ3n) is 4.58. The van der Waals surface area contributed by atoms with Gasteiger partial charge in [-0.2, -0.15) is 0 Å². The first-order valence-electron chi connectivity index (χ1n) is 8.43. The van der Waals surface area contributed by atoms with E-state index in [1.165, 1.54) is 10.9 Å². The molecule has 0 fully saturated rings. The van der Waals surface area contributed by atoms with Crippen LogP contribution in [0.2, 0.25) is 0 Å². The molecule has 0 saturated carbocycles. The van der Waals surface area contributed by atoms with Crippen LogP contribution in [-0.4, -0.2) is 36.2 Å². The number of ether oxygens (including phenoxy) is 1. The maximum absolute atomic E-state index is 11.3. The number of rotatable bonds is 4. The van der Waals surface area contributed by atoms with Gasteiger partial charge >= 0.3 is 6.09 Å². The number of benzene rings is 2. The maximum atomic E-state index is 11.3. The molecule has 0 radical (unpaired) electrons. The Labute approximate surface area is 146 Å². The van der Waals surface area contributed by atoms with Crippen molar-refractivity contribution in [1.82, 2.24) is 14.8 Å². The Kier molecular flexibility index (Phi) is 3.93. The van der Waals surface area contributed by atoms with Crippen molar-refractivity contribution >= 4 is 17.0 Å². The molecule has 5 heteroatoms. The van der Waals surface area contributed by atoms with Crippen molar-refractivity contribution in [1.29, 1.82) is 0 Å².